The molecule has 0 saturated carbocycles. The molecule has 3 heterocycles. The van der Waals surface area contributed by atoms with Crippen LogP contribution < -0.4 is 5.32 Å². The largest absolute Gasteiger partial charge is 0.393 e. The molecular formula is C17H24N4OS. The molecule has 0 atom stereocenters. The fourth-order valence-corrected chi connectivity index (χ4v) is 3.58. The maximum atomic E-state index is 9.50. The molecule has 0 bridgehead atoms. The highest BCUT2D eigenvalue weighted by atomic mass is 32.1. The Bertz CT molecular complexity index is 581. The van der Waals surface area contributed by atoms with Crippen molar-refractivity contribution in [1.82, 2.24) is 20.2 Å². The number of piperidine rings is 1. The highest BCUT2D eigenvalue weighted by Gasteiger charge is 2.15. The first-order chi connectivity index (χ1) is 11.3. The van der Waals surface area contributed by atoms with Crippen LogP contribution in [0.1, 0.15) is 25.0 Å². The highest BCUT2D eigenvalue weighted by Crippen LogP contribution is 2.21. The molecule has 0 aromatic carbocycles. The first-order valence-corrected chi connectivity index (χ1v) is 9.16. The number of thiazole rings is 1. The zero-order valence-corrected chi connectivity index (χ0v) is 14.1. The number of rotatable bonds is 7. The van der Waals surface area contributed by atoms with Gasteiger partial charge in [-0.15, -0.1) is 11.3 Å². The minimum Gasteiger partial charge on any atom is -0.393 e. The van der Waals surface area contributed by atoms with Crippen LogP contribution in [0.3, 0.4) is 0 Å². The predicted octanol–water partition coefficient (Wildman–Crippen LogP) is 2.14. The Morgan fingerprint density at radius 3 is 2.96 bits per heavy atom. The van der Waals surface area contributed by atoms with Gasteiger partial charge in [0.25, 0.3) is 0 Å². The van der Waals surface area contributed by atoms with Crippen molar-refractivity contribution in [1.29, 1.82) is 0 Å². The average molecular weight is 332 g/mol. The number of aliphatic hydroxyl groups is 1. The molecule has 2 aromatic rings. The first kappa shape index (κ1) is 16.5. The predicted molar refractivity (Wildman–Crippen MR) is 93.3 cm³/mol. The van der Waals surface area contributed by atoms with E-state index >= 15 is 0 Å². The Kier molecular flexibility index (Phi) is 6.10. The monoisotopic (exact) mass is 332 g/mol. The molecule has 2 N–H and O–H groups in total. The van der Waals surface area contributed by atoms with Gasteiger partial charge < -0.3 is 15.3 Å². The van der Waals surface area contributed by atoms with Gasteiger partial charge in [-0.25, -0.2) is 4.98 Å². The summed E-state index contributed by atoms with van der Waals surface area (Å²) in [6.07, 6.45) is 4.69. The van der Waals surface area contributed by atoms with Crippen LogP contribution >= 0.6 is 11.3 Å². The van der Waals surface area contributed by atoms with Crippen LogP contribution in [0.25, 0.3) is 10.7 Å². The molecule has 1 aliphatic heterocycles. The molecule has 23 heavy (non-hydrogen) atoms. The summed E-state index contributed by atoms with van der Waals surface area (Å²) in [6.45, 7) is 4.97. The number of aliphatic hydroxyl groups excluding tert-OH is 1. The van der Waals surface area contributed by atoms with Gasteiger partial charge in [0.2, 0.25) is 0 Å². The van der Waals surface area contributed by atoms with Crippen molar-refractivity contribution in [3.63, 3.8) is 0 Å². The van der Waals surface area contributed by atoms with Gasteiger partial charge >= 0.3 is 0 Å². The standard InChI is InChI=1S/C17H24N4OS/c22-15-5-10-21(11-6-15)9-3-7-18-12-14-13-23-17(20-14)16-4-1-2-8-19-16/h1-2,4,8,13,15,18,22H,3,5-7,9-12H2. The Hall–Kier alpha value is -1.34. The zero-order chi connectivity index (χ0) is 15.9. The van der Waals surface area contributed by atoms with Gasteiger partial charge in [0.1, 0.15) is 5.01 Å². The van der Waals surface area contributed by atoms with E-state index in [2.05, 4.69) is 25.6 Å². The van der Waals surface area contributed by atoms with Crippen LogP contribution in [-0.4, -0.2) is 52.3 Å². The molecule has 3 rings (SSSR count). The van der Waals surface area contributed by atoms with E-state index in [1.807, 2.05) is 18.2 Å². The van der Waals surface area contributed by atoms with Gasteiger partial charge in [0, 0.05) is 31.2 Å². The van der Waals surface area contributed by atoms with Gasteiger partial charge in [-0.2, -0.15) is 0 Å². The van der Waals surface area contributed by atoms with E-state index in [4.69, 9.17) is 0 Å². The molecule has 124 valence electrons. The third-order valence-corrected chi connectivity index (χ3v) is 5.04. The smallest absolute Gasteiger partial charge is 0.142 e. The topological polar surface area (TPSA) is 61.3 Å². The van der Waals surface area contributed by atoms with Crippen LogP contribution in [-0.2, 0) is 6.54 Å². The number of hydrogen-bond acceptors (Lipinski definition) is 6. The summed E-state index contributed by atoms with van der Waals surface area (Å²) in [5, 5.41) is 16.0. The first-order valence-electron chi connectivity index (χ1n) is 8.28. The summed E-state index contributed by atoms with van der Waals surface area (Å²) in [5.74, 6) is 0. The van der Waals surface area contributed by atoms with Crippen molar-refractivity contribution in [3.05, 3.63) is 35.5 Å². The van der Waals surface area contributed by atoms with Crippen LogP contribution in [0.2, 0.25) is 0 Å². The summed E-state index contributed by atoms with van der Waals surface area (Å²) < 4.78 is 0. The maximum absolute atomic E-state index is 9.50. The van der Waals surface area contributed by atoms with Crippen LogP contribution in [0.5, 0.6) is 0 Å². The second-order valence-electron chi connectivity index (χ2n) is 5.96. The summed E-state index contributed by atoms with van der Waals surface area (Å²) in [6, 6.07) is 5.90. The third kappa shape index (κ3) is 5.07. The molecule has 2 aromatic heterocycles. The second-order valence-corrected chi connectivity index (χ2v) is 6.82. The molecule has 0 unspecified atom stereocenters. The molecular weight excluding hydrogens is 308 g/mol. The number of nitrogens with one attached hydrogen (secondary N) is 1. The molecule has 6 heteroatoms. The molecule has 0 spiro atoms. The molecule has 0 radical (unpaired) electrons. The molecule has 1 fully saturated rings. The summed E-state index contributed by atoms with van der Waals surface area (Å²) in [4.78, 5) is 11.4. The molecule has 1 saturated heterocycles. The lowest BCUT2D eigenvalue weighted by Crippen LogP contribution is -2.37. The Morgan fingerprint density at radius 2 is 2.17 bits per heavy atom. The van der Waals surface area contributed by atoms with E-state index in [1.54, 1.807) is 17.5 Å². The zero-order valence-electron chi connectivity index (χ0n) is 13.3. The molecule has 5 nitrogen and oxygen atoms in total. The van der Waals surface area contributed by atoms with Crippen molar-refractivity contribution in [2.24, 2.45) is 0 Å². The van der Waals surface area contributed by atoms with Gasteiger partial charge in [0.15, 0.2) is 0 Å². The summed E-state index contributed by atoms with van der Waals surface area (Å²) in [5.41, 5.74) is 2.02. The van der Waals surface area contributed by atoms with Crippen molar-refractivity contribution < 1.29 is 5.11 Å². The van der Waals surface area contributed by atoms with E-state index in [1.165, 1.54) is 0 Å². The fourth-order valence-electron chi connectivity index (χ4n) is 2.78. The van der Waals surface area contributed by atoms with Crippen molar-refractivity contribution in [3.8, 4) is 10.7 Å². The van der Waals surface area contributed by atoms with Gasteiger partial charge in [-0.3, -0.25) is 4.98 Å². The number of nitrogens with zero attached hydrogens (tertiary/aromatic N) is 3. The molecule has 0 aliphatic carbocycles. The lowest BCUT2D eigenvalue weighted by atomic mass is 10.1. The Balaban J connectivity index is 1.34. The van der Waals surface area contributed by atoms with Crippen molar-refractivity contribution in [2.45, 2.75) is 31.9 Å². The summed E-state index contributed by atoms with van der Waals surface area (Å²) in [7, 11) is 0. The van der Waals surface area contributed by atoms with Crippen LogP contribution in [0.4, 0.5) is 0 Å². The second kappa shape index (κ2) is 8.49. The lowest BCUT2D eigenvalue weighted by molar-refractivity contribution is 0.0821. The number of pyridine rings is 1. The van der Waals surface area contributed by atoms with Crippen molar-refractivity contribution >= 4 is 11.3 Å². The molecule has 0 amide bonds. The Morgan fingerprint density at radius 1 is 1.30 bits per heavy atom. The fraction of sp³-hybridized carbons (Fsp3) is 0.529. The van der Waals surface area contributed by atoms with Crippen LogP contribution in [0, 0.1) is 0 Å². The van der Waals surface area contributed by atoms with E-state index in [9.17, 15) is 5.11 Å². The minimum absolute atomic E-state index is 0.0812. The minimum atomic E-state index is -0.0812. The van der Waals surface area contributed by atoms with Crippen LogP contribution in [0.15, 0.2) is 29.8 Å². The normalized spacial score (nSPS) is 16.7. The maximum Gasteiger partial charge on any atom is 0.142 e. The van der Waals surface area contributed by atoms with E-state index in [0.717, 1.165) is 68.4 Å². The van der Waals surface area contributed by atoms with Gasteiger partial charge in [-0.1, -0.05) is 6.07 Å². The number of hydrogen-bond donors (Lipinski definition) is 2. The SMILES string of the molecule is OC1CCN(CCCNCc2csc(-c3ccccn3)n2)CC1. The number of likely N-dealkylation sites (tertiary alicyclic amines) is 1. The van der Waals surface area contributed by atoms with E-state index in [0.29, 0.717) is 0 Å². The van der Waals surface area contributed by atoms with Gasteiger partial charge in [0.05, 0.1) is 17.5 Å². The number of aromatic nitrogens is 2. The van der Waals surface area contributed by atoms with E-state index in [-0.39, 0.29) is 6.10 Å². The Labute approximate surface area is 141 Å². The van der Waals surface area contributed by atoms with Crippen molar-refractivity contribution in [2.75, 3.05) is 26.2 Å². The average Bonchev–Trinajstić information content (AvgIpc) is 3.06. The van der Waals surface area contributed by atoms with E-state index < -0.39 is 0 Å². The summed E-state index contributed by atoms with van der Waals surface area (Å²) >= 11 is 1.64. The quantitative estimate of drug-likeness (QED) is 0.761. The lowest BCUT2D eigenvalue weighted by Gasteiger charge is -2.29. The van der Waals surface area contributed by atoms with Gasteiger partial charge in [-0.05, 0) is 44.5 Å². The molecule has 1 aliphatic rings. The third-order valence-electron chi connectivity index (χ3n) is 4.13. The highest BCUT2D eigenvalue weighted by molar-refractivity contribution is 7.13.